The summed E-state index contributed by atoms with van der Waals surface area (Å²) in [7, 11) is 0. The number of rotatable bonds is 7. The van der Waals surface area contributed by atoms with Gasteiger partial charge >= 0.3 is 0 Å². The number of imidazole rings is 1. The van der Waals surface area contributed by atoms with Gasteiger partial charge in [0.1, 0.15) is 5.82 Å². The molecule has 4 rings (SSSR count). The molecule has 0 fully saturated rings. The third-order valence-electron chi connectivity index (χ3n) is 5.03. The van der Waals surface area contributed by atoms with Crippen LogP contribution in [0.1, 0.15) is 22.5 Å². The van der Waals surface area contributed by atoms with Crippen molar-refractivity contribution in [3.05, 3.63) is 107 Å². The summed E-state index contributed by atoms with van der Waals surface area (Å²) in [6.07, 6.45) is 4.07. The van der Waals surface area contributed by atoms with Gasteiger partial charge in [0.05, 0.1) is 11.0 Å². The van der Waals surface area contributed by atoms with Crippen molar-refractivity contribution < 1.29 is 4.79 Å². The van der Waals surface area contributed by atoms with Crippen molar-refractivity contribution in [3.63, 3.8) is 0 Å². The van der Waals surface area contributed by atoms with E-state index in [1.165, 1.54) is 11.1 Å². The highest BCUT2D eigenvalue weighted by atomic mass is 16.1. The lowest BCUT2D eigenvalue weighted by Crippen LogP contribution is -2.24. The Morgan fingerprint density at radius 1 is 1.00 bits per heavy atom. The van der Waals surface area contributed by atoms with Crippen LogP contribution >= 0.6 is 0 Å². The van der Waals surface area contributed by atoms with E-state index in [1.54, 1.807) is 6.08 Å². The molecule has 0 bridgehead atoms. The van der Waals surface area contributed by atoms with Crippen LogP contribution in [0.4, 0.5) is 0 Å². The number of aryl methyl sites for hydroxylation is 1. The average molecular weight is 396 g/mol. The first kappa shape index (κ1) is 19.6. The molecule has 1 aromatic heterocycles. The van der Waals surface area contributed by atoms with Crippen LogP contribution in [0, 0.1) is 6.92 Å². The molecule has 0 radical (unpaired) electrons. The van der Waals surface area contributed by atoms with Crippen molar-refractivity contribution in [2.24, 2.45) is 0 Å². The van der Waals surface area contributed by atoms with Crippen LogP contribution in [0.15, 0.2) is 84.9 Å². The van der Waals surface area contributed by atoms with E-state index in [0.29, 0.717) is 13.0 Å². The molecular formula is C26H25N3O. The molecule has 0 aliphatic rings. The van der Waals surface area contributed by atoms with Crippen molar-refractivity contribution in [2.75, 3.05) is 6.54 Å². The maximum Gasteiger partial charge on any atom is 0.244 e. The van der Waals surface area contributed by atoms with Crippen LogP contribution < -0.4 is 5.32 Å². The zero-order chi connectivity index (χ0) is 20.8. The number of benzene rings is 3. The molecule has 30 heavy (non-hydrogen) atoms. The largest absolute Gasteiger partial charge is 0.352 e. The number of amides is 1. The van der Waals surface area contributed by atoms with Crippen LogP contribution in [0.2, 0.25) is 0 Å². The Bertz CT molecular complexity index is 1180. The fraction of sp³-hybridized carbons (Fsp3) is 0.154. The number of fused-ring (bicyclic) bond motifs is 1. The Morgan fingerprint density at radius 2 is 1.80 bits per heavy atom. The number of hydrogen-bond acceptors (Lipinski definition) is 2. The first-order valence-corrected chi connectivity index (χ1v) is 10.2. The summed E-state index contributed by atoms with van der Waals surface area (Å²) >= 11 is 0. The second-order valence-electron chi connectivity index (χ2n) is 7.38. The number of aromatic nitrogens is 2. The first-order valence-electron chi connectivity index (χ1n) is 10.2. The minimum atomic E-state index is -0.0970. The van der Waals surface area contributed by atoms with E-state index in [-0.39, 0.29) is 5.91 Å². The molecule has 1 amide bonds. The summed E-state index contributed by atoms with van der Waals surface area (Å²) in [5.41, 5.74) is 5.59. The van der Waals surface area contributed by atoms with E-state index >= 15 is 0 Å². The number of nitrogens with zero attached hydrogens (tertiary/aromatic N) is 2. The van der Waals surface area contributed by atoms with Gasteiger partial charge in [0, 0.05) is 25.6 Å². The fourth-order valence-electron chi connectivity index (χ4n) is 3.58. The van der Waals surface area contributed by atoms with E-state index in [0.717, 1.165) is 29.0 Å². The first-order chi connectivity index (χ1) is 14.7. The van der Waals surface area contributed by atoms with Crippen LogP contribution in [-0.2, 0) is 17.8 Å². The van der Waals surface area contributed by atoms with Crippen molar-refractivity contribution in [3.8, 4) is 0 Å². The number of carbonyl (C=O) groups excluding carboxylic acids is 1. The molecule has 0 saturated carbocycles. The lowest BCUT2D eigenvalue weighted by atomic mass is 10.1. The monoisotopic (exact) mass is 395 g/mol. The molecule has 3 aromatic carbocycles. The Hall–Kier alpha value is -3.66. The van der Waals surface area contributed by atoms with Crippen molar-refractivity contribution in [1.82, 2.24) is 14.9 Å². The molecule has 4 heteroatoms. The third kappa shape index (κ3) is 4.84. The minimum Gasteiger partial charge on any atom is -0.352 e. The third-order valence-corrected chi connectivity index (χ3v) is 5.03. The highest BCUT2D eigenvalue weighted by Crippen LogP contribution is 2.19. The van der Waals surface area contributed by atoms with Crippen LogP contribution in [0.25, 0.3) is 17.1 Å². The quantitative estimate of drug-likeness (QED) is 0.459. The summed E-state index contributed by atoms with van der Waals surface area (Å²) in [6.45, 7) is 3.41. The summed E-state index contributed by atoms with van der Waals surface area (Å²) in [6, 6.07) is 26.5. The van der Waals surface area contributed by atoms with Gasteiger partial charge in [-0.1, -0.05) is 72.3 Å². The molecule has 0 atom stereocenters. The standard InChI is InChI=1S/C26H25N3O/c1-20-8-7-11-22(18-20)19-29-24-13-6-5-12-23(24)28-25(29)16-17-27-26(30)15-14-21-9-3-2-4-10-21/h2-15,18H,16-17,19H2,1H3,(H,27,30)/b15-14+. The van der Waals surface area contributed by atoms with Gasteiger partial charge in [0.25, 0.3) is 0 Å². The van der Waals surface area contributed by atoms with Gasteiger partial charge in [-0.05, 0) is 36.3 Å². The average Bonchev–Trinajstić information content (AvgIpc) is 3.10. The van der Waals surface area contributed by atoms with Crippen LogP contribution in [0.5, 0.6) is 0 Å². The van der Waals surface area contributed by atoms with Gasteiger partial charge in [0.2, 0.25) is 5.91 Å². The van der Waals surface area contributed by atoms with E-state index in [2.05, 4.69) is 47.1 Å². The Balaban J connectivity index is 1.46. The van der Waals surface area contributed by atoms with Gasteiger partial charge in [-0.3, -0.25) is 4.79 Å². The number of para-hydroxylation sites is 2. The molecule has 0 spiro atoms. The van der Waals surface area contributed by atoms with Crippen molar-refractivity contribution in [1.29, 1.82) is 0 Å². The zero-order valence-electron chi connectivity index (χ0n) is 17.1. The molecule has 0 aliphatic heterocycles. The molecule has 4 aromatic rings. The summed E-state index contributed by atoms with van der Waals surface area (Å²) < 4.78 is 2.25. The Labute approximate surface area is 176 Å². The maximum absolute atomic E-state index is 12.2. The number of nitrogens with one attached hydrogen (secondary N) is 1. The van der Waals surface area contributed by atoms with Gasteiger partial charge in [-0.25, -0.2) is 4.98 Å². The molecular weight excluding hydrogens is 370 g/mol. The Kier molecular flexibility index (Phi) is 6.04. The van der Waals surface area contributed by atoms with Crippen molar-refractivity contribution in [2.45, 2.75) is 19.9 Å². The normalized spacial score (nSPS) is 11.2. The number of hydrogen-bond donors (Lipinski definition) is 1. The molecule has 0 aliphatic carbocycles. The Morgan fingerprint density at radius 3 is 2.63 bits per heavy atom. The predicted molar refractivity (Wildman–Crippen MR) is 122 cm³/mol. The van der Waals surface area contributed by atoms with Crippen LogP contribution in [-0.4, -0.2) is 22.0 Å². The molecule has 0 saturated heterocycles. The minimum absolute atomic E-state index is 0.0970. The lowest BCUT2D eigenvalue weighted by Gasteiger charge is -2.10. The molecule has 0 unspecified atom stereocenters. The SMILES string of the molecule is Cc1cccc(Cn2c(CCNC(=O)/C=C/c3ccccc3)nc3ccccc32)c1. The van der Waals surface area contributed by atoms with E-state index in [9.17, 15) is 4.79 Å². The summed E-state index contributed by atoms with van der Waals surface area (Å²) in [5.74, 6) is 0.880. The smallest absolute Gasteiger partial charge is 0.244 e. The predicted octanol–water partition coefficient (Wildman–Crippen LogP) is 4.77. The molecule has 4 nitrogen and oxygen atoms in total. The second-order valence-corrected chi connectivity index (χ2v) is 7.38. The lowest BCUT2D eigenvalue weighted by molar-refractivity contribution is -0.116. The topological polar surface area (TPSA) is 46.9 Å². The molecule has 150 valence electrons. The van der Waals surface area contributed by atoms with E-state index in [4.69, 9.17) is 4.98 Å². The highest BCUT2D eigenvalue weighted by Gasteiger charge is 2.11. The fourth-order valence-corrected chi connectivity index (χ4v) is 3.58. The second kappa shape index (κ2) is 9.23. The van der Waals surface area contributed by atoms with E-state index < -0.39 is 0 Å². The maximum atomic E-state index is 12.2. The molecule has 1 heterocycles. The van der Waals surface area contributed by atoms with Gasteiger partial charge in [-0.2, -0.15) is 0 Å². The summed E-state index contributed by atoms with van der Waals surface area (Å²) in [4.78, 5) is 17.0. The van der Waals surface area contributed by atoms with Gasteiger partial charge < -0.3 is 9.88 Å². The van der Waals surface area contributed by atoms with Crippen molar-refractivity contribution >= 4 is 23.0 Å². The highest BCUT2D eigenvalue weighted by molar-refractivity contribution is 5.91. The molecule has 1 N–H and O–H groups in total. The zero-order valence-corrected chi connectivity index (χ0v) is 17.1. The van der Waals surface area contributed by atoms with Crippen LogP contribution in [0.3, 0.4) is 0 Å². The summed E-state index contributed by atoms with van der Waals surface area (Å²) in [5, 5.41) is 2.97. The van der Waals surface area contributed by atoms with E-state index in [1.807, 2.05) is 54.6 Å². The number of carbonyl (C=O) groups is 1. The van der Waals surface area contributed by atoms with Gasteiger partial charge in [-0.15, -0.1) is 0 Å². The van der Waals surface area contributed by atoms with Gasteiger partial charge in [0.15, 0.2) is 0 Å².